The van der Waals surface area contributed by atoms with Gasteiger partial charge >= 0.3 is 11.9 Å². The van der Waals surface area contributed by atoms with Crippen molar-refractivity contribution in [3.05, 3.63) is 59.2 Å². The summed E-state index contributed by atoms with van der Waals surface area (Å²) in [4.78, 5) is 23.8. The summed E-state index contributed by atoms with van der Waals surface area (Å²) in [6, 6.07) is 10.5. The van der Waals surface area contributed by atoms with Gasteiger partial charge in [-0.15, -0.1) is 4.40 Å². The second kappa shape index (κ2) is 6.60. The molecule has 0 aromatic heterocycles. The zero-order valence-electron chi connectivity index (χ0n) is 13.8. The highest BCUT2D eigenvalue weighted by Gasteiger charge is 2.28. The van der Waals surface area contributed by atoms with E-state index in [1.165, 1.54) is 38.5 Å². The molecule has 0 unspecified atom stereocenters. The topological polar surface area (TPSA) is 111 Å². The Bertz CT molecular complexity index is 1010. The normalized spacial score (nSPS) is 14.2. The van der Waals surface area contributed by atoms with E-state index in [4.69, 9.17) is 0 Å². The average Bonchev–Trinajstić information content (AvgIpc) is 2.90. The van der Waals surface area contributed by atoms with Crippen LogP contribution in [0.5, 0.6) is 0 Å². The van der Waals surface area contributed by atoms with E-state index in [2.05, 4.69) is 19.2 Å². The number of hydrogen-bond acceptors (Lipinski definition) is 7. The van der Waals surface area contributed by atoms with Gasteiger partial charge in [0.25, 0.3) is 10.0 Å². The summed E-state index contributed by atoms with van der Waals surface area (Å²) in [5.74, 6) is -1.21. The fraction of sp³-hybridized carbons (Fsp3) is 0.118. The van der Waals surface area contributed by atoms with Gasteiger partial charge in [0.2, 0.25) is 0 Å². The quantitative estimate of drug-likeness (QED) is 0.816. The van der Waals surface area contributed by atoms with Gasteiger partial charge in [0.15, 0.2) is 5.84 Å². The zero-order valence-corrected chi connectivity index (χ0v) is 14.7. The Balaban J connectivity index is 2.05. The summed E-state index contributed by atoms with van der Waals surface area (Å²) in [6.45, 7) is 0. The smallest absolute Gasteiger partial charge is 0.337 e. The number of esters is 2. The average molecular weight is 374 g/mol. The Kier molecular flexibility index (Phi) is 4.47. The van der Waals surface area contributed by atoms with Crippen molar-refractivity contribution in [2.24, 2.45) is 4.40 Å². The number of hydrogen-bond donors (Lipinski definition) is 1. The molecule has 0 bridgehead atoms. The second-order valence-corrected chi connectivity index (χ2v) is 6.89. The first-order chi connectivity index (χ1) is 12.4. The van der Waals surface area contributed by atoms with Crippen LogP contribution in [0, 0.1) is 0 Å². The second-order valence-electron chi connectivity index (χ2n) is 5.32. The minimum Gasteiger partial charge on any atom is -0.465 e. The lowest BCUT2D eigenvalue weighted by atomic mass is 10.1. The summed E-state index contributed by atoms with van der Waals surface area (Å²) in [6.07, 6.45) is 0. The molecular formula is C17H14N2O6S. The molecular weight excluding hydrogens is 360 g/mol. The fourth-order valence-electron chi connectivity index (χ4n) is 2.50. The summed E-state index contributed by atoms with van der Waals surface area (Å²) in [7, 11) is -1.37. The molecule has 0 amide bonds. The molecule has 0 spiro atoms. The molecule has 1 aliphatic heterocycles. The van der Waals surface area contributed by atoms with E-state index < -0.39 is 22.0 Å². The molecule has 3 rings (SSSR count). The van der Waals surface area contributed by atoms with Gasteiger partial charge < -0.3 is 14.8 Å². The van der Waals surface area contributed by atoms with Crippen molar-refractivity contribution in [1.29, 1.82) is 0 Å². The predicted molar refractivity (Wildman–Crippen MR) is 92.9 cm³/mol. The Morgan fingerprint density at radius 1 is 0.962 bits per heavy atom. The lowest BCUT2D eigenvalue weighted by Gasteiger charge is -2.10. The first kappa shape index (κ1) is 17.6. The van der Waals surface area contributed by atoms with Crippen molar-refractivity contribution >= 4 is 33.5 Å². The molecule has 0 saturated heterocycles. The Labute approximate surface area is 149 Å². The van der Waals surface area contributed by atoms with Crippen LogP contribution < -0.4 is 5.32 Å². The molecule has 0 fully saturated rings. The van der Waals surface area contributed by atoms with E-state index in [0.29, 0.717) is 11.3 Å². The molecule has 26 heavy (non-hydrogen) atoms. The Hall–Kier alpha value is -3.20. The molecule has 0 atom stereocenters. The van der Waals surface area contributed by atoms with Crippen LogP contribution in [0.25, 0.3) is 0 Å². The molecule has 1 heterocycles. The van der Waals surface area contributed by atoms with Gasteiger partial charge in [-0.05, 0) is 30.3 Å². The van der Waals surface area contributed by atoms with Crippen molar-refractivity contribution in [3.8, 4) is 0 Å². The van der Waals surface area contributed by atoms with Crippen LogP contribution in [0.4, 0.5) is 5.69 Å². The summed E-state index contributed by atoms with van der Waals surface area (Å²) >= 11 is 0. The molecule has 1 aliphatic rings. The minimum atomic E-state index is -3.79. The maximum atomic E-state index is 12.1. The number of methoxy groups -OCH3 is 2. The molecule has 2 aromatic carbocycles. The number of sulfonamides is 1. The molecule has 0 radical (unpaired) electrons. The van der Waals surface area contributed by atoms with Gasteiger partial charge in [-0.1, -0.05) is 12.1 Å². The van der Waals surface area contributed by atoms with Crippen molar-refractivity contribution in [2.75, 3.05) is 19.5 Å². The summed E-state index contributed by atoms with van der Waals surface area (Å²) in [5.41, 5.74) is 0.898. The third kappa shape index (κ3) is 3.16. The van der Waals surface area contributed by atoms with E-state index in [9.17, 15) is 18.0 Å². The van der Waals surface area contributed by atoms with Gasteiger partial charge in [-0.3, -0.25) is 0 Å². The van der Waals surface area contributed by atoms with Crippen molar-refractivity contribution in [3.63, 3.8) is 0 Å². The molecule has 9 heteroatoms. The molecule has 1 N–H and O–H groups in total. The predicted octanol–water partition coefficient (Wildman–Crippen LogP) is 1.82. The monoisotopic (exact) mass is 374 g/mol. The molecule has 8 nitrogen and oxygen atoms in total. The number of amidine groups is 1. The summed E-state index contributed by atoms with van der Waals surface area (Å²) < 4.78 is 37.3. The fourth-order valence-corrected chi connectivity index (χ4v) is 3.68. The van der Waals surface area contributed by atoms with Crippen molar-refractivity contribution in [2.45, 2.75) is 4.90 Å². The molecule has 134 valence electrons. The van der Waals surface area contributed by atoms with Crippen LogP contribution in [-0.4, -0.2) is 40.4 Å². The van der Waals surface area contributed by atoms with Gasteiger partial charge in [0.05, 0.1) is 25.3 Å². The first-order valence-corrected chi connectivity index (χ1v) is 8.83. The maximum absolute atomic E-state index is 12.1. The van der Waals surface area contributed by atoms with Crippen LogP contribution in [0.2, 0.25) is 0 Å². The van der Waals surface area contributed by atoms with Crippen LogP contribution in [-0.2, 0) is 19.5 Å². The lowest BCUT2D eigenvalue weighted by Crippen LogP contribution is -2.14. The number of fused-ring (bicyclic) bond motifs is 1. The van der Waals surface area contributed by atoms with Crippen LogP contribution in [0.1, 0.15) is 26.3 Å². The van der Waals surface area contributed by atoms with Crippen LogP contribution in [0.3, 0.4) is 0 Å². The van der Waals surface area contributed by atoms with Gasteiger partial charge in [0, 0.05) is 11.3 Å². The highest BCUT2D eigenvalue weighted by Crippen LogP contribution is 2.27. The third-order valence-corrected chi connectivity index (χ3v) is 5.00. The summed E-state index contributed by atoms with van der Waals surface area (Å²) in [5, 5.41) is 2.85. The van der Waals surface area contributed by atoms with Gasteiger partial charge in [-0.2, -0.15) is 8.42 Å². The standard InChI is InChI=1S/C17H14N2O6S/c1-24-16(20)10-7-11(17(21)25-2)9-12(8-10)18-15-13-5-3-4-6-14(13)26(22,23)19-15/h3-9H,1-2H3,(H,18,19). The van der Waals surface area contributed by atoms with E-state index in [-0.39, 0.29) is 21.9 Å². The van der Waals surface area contributed by atoms with E-state index in [1.54, 1.807) is 18.2 Å². The number of nitrogens with one attached hydrogen (secondary N) is 1. The highest BCUT2D eigenvalue weighted by molar-refractivity contribution is 7.90. The maximum Gasteiger partial charge on any atom is 0.337 e. The zero-order chi connectivity index (χ0) is 18.9. The molecule has 0 aliphatic carbocycles. The SMILES string of the molecule is COC(=O)c1cc(NC2=NS(=O)(=O)c3ccccc32)cc(C(=O)OC)c1. The minimum absolute atomic E-state index is 0.0832. The lowest BCUT2D eigenvalue weighted by molar-refractivity contribution is 0.0599. The van der Waals surface area contributed by atoms with Crippen molar-refractivity contribution in [1.82, 2.24) is 0 Å². The first-order valence-electron chi connectivity index (χ1n) is 7.39. The largest absolute Gasteiger partial charge is 0.465 e. The Morgan fingerprint density at radius 2 is 1.54 bits per heavy atom. The molecule has 2 aromatic rings. The van der Waals surface area contributed by atoms with Crippen LogP contribution >= 0.6 is 0 Å². The van der Waals surface area contributed by atoms with Crippen molar-refractivity contribution < 1.29 is 27.5 Å². The van der Waals surface area contributed by atoms with E-state index >= 15 is 0 Å². The number of benzene rings is 2. The molecule has 0 saturated carbocycles. The number of rotatable bonds is 3. The number of nitrogens with zero attached hydrogens (tertiary/aromatic N) is 1. The van der Waals surface area contributed by atoms with Gasteiger partial charge in [-0.25, -0.2) is 9.59 Å². The third-order valence-electron chi connectivity index (χ3n) is 3.67. The van der Waals surface area contributed by atoms with Gasteiger partial charge in [0.1, 0.15) is 4.90 Å². The number of carbonyl (C=O) groups excluding carboxylic acids is 2. The number of carbonyl (C=O) groups is 2. The Morgan fingerprint density at radius 3 is 2.12 bits per heavy atom. The van der Waals surface area contributed by atoms with Crippen LogP contribution in [0.15, 0.2) is 51.8 Å². The van der Waals surface area contributed by atoms with E-state index in [0.717, 1.165) is 0 Å². The number of anilines is 1. The van der Waals surface area contributed by atoms with E-state index in [1.807, 2.05) is 0 Å². The highest BCUT2D eigenvalue weighted by atomic mass is 32.2. The number of ether oxygens (including phenoxy) is 2.